The van der Waals surface area contributed by atoms with E-state index in [0.717, 1.165) is 38.8 Å². The van der Waals surface area contributed by atoms with Crippen LogP contribution in [0.2, 0.25) is 0 Å². The van der Waals surface area contributed by atoms with Gasteiger partial charge in [0.05, 0.1) is 6.54 Å². The highest BCUT2D eigenvalue weighted by atomic mass is 16.2. The van der Waals surface area contributed by atoms with E-state index >= 15 is 0 Å². The summed E-state index contributed by atoms with van der Waals surface area (Å²) in [6.07, 6.45) is 9.72. The quantitative estimate of drug-likeness (QED) is 0.744. The highest BCUT2D eigenvalue weighted by Crippen LogP contribution is 2.17. The number of hydrogen-bond donors (Lipinski definition) is 2. The van der Waals surface area contributed by atoms with Crippen LogP contribution >= 0.6 is 0 Å². The van der Waals surface area contributed by atoms with Gasteiger partial charge in [-0.25, -0.2) is 0 Å². The Bertz CT molecular complexity index is 256. The molecule has 0 unspecified atom stereocenters. The smallest absolute Gasteiger partial charge is 0.234 e. The summed E-state index contributed by atoms with van der Waals surface area (Å²) in [5, 5.41) is 3.20. The van der Waals surface area contributed by atoms with E-state index in [4.69, 9.17) is 5.73 Å². The van der Waals surface area contributed by atoms with E-state index in [2.05, 4.69) is 10.2 Å². The van der Waals surface area contributed by atoms with Crippen molar-refractivity contribution in [1.29, 1.82) is 0 Å². The molecule has 0 aromatic rings. The van der Waals surface area contributed by atoms with Gasteiger partial charge in [0.15, 0.2) is 0 Å². The van der Waals surface area contributed by atoms with Crippen LogP contribution in [0.4, 0.5) is 0 Å². The van der Waals surface area contributed by atoms with E-state index in [0.29, 0.717) is 12.6 Å². The van der Waals surface area contributed by atoms with Gasteiger partial charge in [0.25, 0.3) is 0 Å². The summed E-state index contributed by atoms with van der Waals surface area (Å²) >= 11 is 0. The number of nitrogens with two attached hydrogens (primary N) is 1. The van der Waals surface area contributed by atoms with Crippen LogP contribution in [0.5, 0.6) is 0 Å². The number of carbonyl (C=O) groups is 1. The number of piperidine rings is 1. The van der Waals surface area contributed by atoms with Crippen molar-refractivity contribution in [2.45, 2.75) is 63.5 Å². The lowest BCUT2D eigenvalue weighted by Gasteiger charge is -2.30. The Labute approximate surface area is 110 Å². The predicted molar refractivity (Wildman–Crippen MR) is 73.3 cm³/mol. The average molecular weight is 253 g/mol. The number of carbonyl (C=O) groups excluding carboxylic acids is 1. The van der Waals surface area contributed by atoms with Gasteiger partial charge in [-0.2, -0.15) is 0 Å². The minimum Gasteiger partial charge on any atom is -0.352 e. The summed E-state index contributed by atoms with van der Waals surface area (Å²) in [7, 11) is 0. The number of rotatable bonds is 3. The van der Waals surface area contributed by atoms with Gasteiger partial charge in [0.1, 0.15) is 0 Å². The van der Waals surface area contributed by atoms with Crippen LogP contribution < -0.4 is 11.1 Å². The zero-order chi connectivity index (χ0) is 12.8. The molecule has 0 spiro atoms. The third kappa shape index (κ3) is 4.58. The summed E-state index contributed by atoms with van der Waals surface area (Å²) in [5.41, 5.74) is 5.93. The first-order valence-corrected chi connectivity index (χ1v) is 7.51. The minimum atomic E-state index is 0.191. The molecule has 1 aliphatic carbocycles. The van der Waals surface area contributed by atoms with E-state index in [1.54, 1.807) is 0 Å². The van der Waals surface area contributed by atoms with Crippen LogP contribution in [0, 0.1) is 0 Å². The molecule has 1 atom stereocenters. The molecule has 3 N–H and O–H groups in total. The van der Waals surface area contributed by atoms with Gasteiger partial charge in [-0.3, -0.25) is 9.69 Å². The highest BCUT2D eigenvalue weighted by Gasteiger charge is 2.20. The molecule has 2 aliphatic rings. The lowest BCUT2D eigenvalue weighted by atomic mass is 10.1. The van der Waals surface area contributed by atoms with Crippen molar-refractivity contribution in [1.82, 2.24) is 10.2 Å². The Balaban J connectivity index is 1.70. The van der Waals surface area contributed by atoms with Gasteiger partial charge in [0, 0.05) is 18.6 Å². The third-order valence-electron chi connectivity index (χ3n) is 4.13. The largest absolute Gasteiger partial charge is 0.352 e. The Kier molecular flexibility index (Phi) is 5.45. The summed E-state index contributed by atoms with van der Waals surface area (Å²) in [6.45, 7) is 2.42. The van der Waals surface area contributed by atoms with E-state index in [1.165, 1.54) is 25.7 Å². The molecule has 4 nitrogen and oxygen atoms in total. The molecule has 4 heteroatoms. The number of hydrogen-bond acceptors (Lipinski definition) is 3. The van der Waals surface area contributed by atoms with Crippen LogP contribution in [0.3, 0.4) is 0 Å². The van der Waals surface area contributed by atoms with Gasteiger partial charge in [-0.1, -0.05) is 25.7 Å². The fraction of sp³-hybridized carbons (Fsp3) is 0.929. The zero-order valence-corrected chi connectivity index (χ0v) is 11.4. The highest BCUT2D eigenvalue weighted by molar-refractivity contribution is 5.78. The lowest BCUT2D eigenvalue weighted by molar-refractivity contribution is -0.123. The van der Waals surface area contributed by atoms with Gasteiger partial charge >= 0.3 is 0 Å². The fourth-order valence-corrected chi connectivity index (χ4v) is 3.14. The second-order valence-electron chi connectivity index (χ2n) is 5.89. The SMILES string of the molecule is N[C@@H]1CCCN(CC(=O)NC2CCCCCC2)C1. The summed E-state index contributed by atoms with van der Waals surface area (Å²) in [4.78, 5) is 14.2. The Morgan fingerprint density at radius 3 is 2.50 bits per heavy atom. The number of nitrogens with zero attached hydrogens (tertiary/aromatic N) is 1. The van der Waals surface area contributed by atoms with Crippen molar-refractivity contribution >= 4 is 5.91 Å². The lowest BCUT2D eigenvalue weighted by Crippen LogP contribution is -2.48. The topological polar surface area (TPSA) is 58.4 Å². The first-order valence-electron chi connectivity index (χ1n) is 7.51. The van der Waals surface area contributed by atoms with Gasteiger partial charge in [-0.05, 0) is 32.2 Å². The predicted octanol–water partition coefficient (Wildman–Crippen LogP) is 1.25. The summed E-state index contributed by atoms with van der Waals surface area (Å²) < 4.78 is 0. The Morgan fingerprint density at radius 1 is 1.11 bits per heavy atom. The van der Waals surface area contributed by atoms with Gasteiger partial charge < -0.3 is 11.1 Å². The van der Waals surface area contributed by atoms with Crippen molar-refractivity contribution < 1.29 is 4.79 Å². The second-order valence-corrected chi connectivity index (χ2v) is 5.89. The Morgan fingerprint density at radius 2 is 1.83 bits per heavy atom. The average Bonchev–Trinajstić information content (AvgIpc) is 2.57. The molecule has 0 aromatic heterocycles. The van der Waals surface area contributed by atoms with Crippen LogP contribution in [0.15, 0.2) is 0 Å². The minimum absolute atomic E-state index is 0.191. The standard InChI is InChI=1S/C14H27N3O/c15-12-6-5-9-17(10-12)11-14(18)16-13-7-3-1-2-4-8-13/h12-13H,1-11,15H2,(H,16,18)/t12-/m1/s1. The van der Waals surface area contributed by atoms with Crippen LogP contribution in [0.25, 0.3) is 0 Å². The van der Waals surface area contributed by atoms with Crippen molar-refractivity contribution in [3.63, 3.8) is 0 Å². The molecule has 1 saturated carbocycles. The molecule has 0 aromatic carbocycles. The molecule has 2 rings (SSSR count). The molecule has 2 fully saturated rings. The first kappa shape index (κ1) is 13.8. The molecular formula is C14H27N3O. The normalized spacial score (nSPS) is 27.7. The van der Waals surface area contributed by atoms with E-state index < -0.39 is 0 Å². The van der Waals surface area contributed by atoms with Crippen molar-refractivity contribution in [2.75, 3.05) is 19.6 Å². The molecular weight excluding hydrogens is 226 g/mol. The Hall–Kier alpha value is -0.610. The van der Waals surface area contributed by atoms with E-state index in [-0.39, 0.29) is 11.9 Å². The zero-order valence-electron chi connectivity index (χ0n) is 11.4. The van der Waals surface area contributed by atoms with Crippen molar-refractivity contribution in [2.24, 2.45) is 5.73 Å². The molecule has 104 valence electrons. The molecule has 0 radical (unpaired) electrons. The number of amides is 1. The summed E-state index contributed by atoms with van der Waals surface area (Å²) in [5.74, 6) is 0.191. The second kappa shape index (κ2) is 7.10. The van der Waals surface area contributed by atoms with E-state index in [1.807, 2.05) is 0 Å². The molecule has 0 bridgehead atoms. The molecule has 18 heavy (non-hydrogen) atoms. The van der Waals surface area contributed by atoms with Crippen LogP contribution in [-0.2, 0) is 4.79 Å². The monoisotopic (exact) mass is 253 g/mol. The fourth-order valence-electron chi connectivity index (χ4n) is 3.14. The first-order chi connectivity index (χ1) is 8.74. The maximum absolute atomic E-state index is 12.0. The molecule has 1 saturated heterocycles. The molecule has 1 heterocycles. The van der Waals surface area contributed by atoms with Crippen LogP contribution in [-0.4, -0.2) is 42.5 Å². The van der Waals surface area contributed by atoms with E-state index in [9.17, 15) is 4.79 Å². The number of likely N-dealkylation sites (tertiary alicyclic amines) is 1. The summed E-state index contributed by atoms with van der Waals surface area (Å²) in [6, 6.07) is 0.669. The van der Waals surface area contributed by atoms with Crippen molar-refractivity contribution in [3.05, 3.63) is 0 Å². The van der Waals surface area contributed by atoms with Crippen LogP contribution in [0.1, 0.15) is 51.4 Å². The van der Waals surface area contributed by atoms with Gasteiger partial charge in [0.2, 0.25) is 5.91 Å². The van der Waals surface area contributed by atoms with Gasteiger partial charge in [-0.15, -0.1) is 0 Å². The third-order valence-corrected chi connectivity index (χ3v) is 4.13. The van der Waals surface area contributed by atoms with Crippen molar-refractivity contribution in [3.8, 4) is 0 Å². The molecule has 1 amide bonds. The maximum atomic E-state index is 12.0. The number of nitrogens with one attached hydrogen (secondary N) is 1. The maximum Gasteiger partial charge on any atom is 0.234 e. The molecule has 1 aliphatic heterocycles.